The third kappa shape index (κ3) is 6.21. The molecule has 13 heteroatoms. The number of fused-ring (bicyclic) bond motifs is 1. The van der Waals surface area contributed by atoms with Crippen molar-refractivity contribution in [2.45, 2.75) is 37.1 Å². The van der Waals surface area contributed by atoms with E-state index in [4.69, 9.17) is 18.9 Å². The highest BCUT2D eigenvalue weighted by Crippen LogP contribution is 2.38. The van der Waals surface area contributed by atoms with Crippen LogP contribution in [0.1, 0.15) is 42.1 Å². The summed E-state index contributed by atoms with van der Waals surface area (Å²) >= 11 is 1.27. The summed E-state index contributed by atoms with van der Waals surface area (Å²) in [5, 5.41) is 6.05. The second-order valence-corrected chi connectivity index (χ2v) is 13.0. The summed E-state index contributed by atoms with van der Waals surface area (Å²) in [6.45, 7) is 2.40. The Balaban J connectivity index is 1.52. The van der Waals surface area contributed by atoms with Crippen LogP contribution in [0.5, 0.6) is 23.0 Å². The molecule has 1 fully saturated rings. The number of rotatable bonds is 10. The van der Waals surface area contributed by atoms with Crippen molar-refractivity contribution in [2.24, 2.45) is 5.10 Å². The van der Waals surface area contributed by atoms with Gasteiger partial charge in [0, 0.05) is 23.7 Å². The minimum absolute atomic E-state index is 0.0762. The molecule has 1 unspecified atom stereocenters. The average molecular weight is 639 g/mol. The van der Waals surface area contributed by atoms with Gasteiger partial charge in [-0.25, -0.2) is 13.4 Å². The van der Waals surface area contributed by atoms with Crippen LogP contribution in [-0.2, 0) is 10.0 Å². The fraction of sp³-hybridized carbons (Fsp3) is 0.323. The number of methoxy groups -OCH3 is 4. The molecule has 1 atom stereocenters. The van der Waals surface area contributed by atoms with Crippen molar-refractivity contribution in [1.82, 2.24) is 9.29 Å². The topological polar surface area (TPSA) is 120 Å². The Bertz CT molecular complexity index is 1760. The van der Waals surface area contributed by atoms with E-state index in [9.17, 15) is 13.2 Å². The van der Waals surface area contributed by atoms with Crippen LogP contribution in [0.3, 0.4) is 0 Å². The van der Waals surface area contributed by atoms with Crippen LogP contribution in [0.4, 0.5) is 5.13 Å². The minimum Gasteiger partial charge on any atom is -0.497 e. The van der Waals surface area contributed by atoms with Crippen molar-refractivity contribution in [3.63, 3.8) is 0 Å². The van der Waals surface area contributed by atoms with E-state index < -0.39 is 15.9 Å². The van der Waals surface area contributed by atoms with Gasteiger partial charge in [-0.3, -0.25) is 4.79 Å². The molecule has 1 aliphatic heterocycles. The largest absolute Gasteiger partial charge is 0.497 e. The minimum atomic E-state index is -3.69. The van der Waals surface area contributed by atoms with E-state index in [0.29, 0.717) is 45.8 Å². The van der Waals surface area contributed by atoms with Gasteiger partial charge in [0.25, 0.3) is 5.91 Å². The number of nitrogens with zero attached hydrogens (tertiary/aromatic N) is 4. The number of carbonyl (C=O) groups is 1. The maximum Gasteiger partial charge on any atom is 0.280 e. The lowest BCUT2D eigenvalue weighted by Crippen LogP contribution is -2.41. The molecule has 1 amide bonds. The first-order valence-corrected chi connectivity index (χ1v) is 16.2. The van der Waals surface area contributed by atoms with Crippen LogP contribution in [0.15, 0.2) is 64.6 Å². The smallest absolute Gasteiger partial charge is 0.280 e. The summed E-state index contributed by atoms with van der Waals surface area (Å²) < 4.78 is 50.7. The Morgan fingerprint density at radius 3 is 2.30 bits per heavy atom. The highest BCUT2D eigenvalue weighted by Gasteiger charge is 2.31. The molecule has 2 heterocycles. The molecule has 1 saturated heterocycles. The zero-order valence-corrected chi connectivity index (χ0v) is 26.8. The van der Waals surface area contributed by atoms with Gasteiger partial charge in [-0.1, -0.05) is 17.8 Å². The number of thiazole rings is 1. The molecule has 0 radical (unpaired) electrons. The Hall–Kier alpha value is -4.20. The van der Waals surface area contributed by atoms with E-state index in [2.05, 4.69) is 10.1 Å². The Morgan fingerprint density at radius 2 is 1.68 bits per heavy atom. The van der Waals surface area contributed by atoms with Crippen LogP contribution in [0.2, 0.25) is 0 Å². The van der Waals surface area contributed by atoms with Crippen LogP contribution in [0.25, 0.3) is 10.2 Å². The number of hydrazone groups is 1. The number of hydrogen-bond acceptors (Lipinski definition) is 10. The van der Waals surface area contributed by atoms with Crippen molar-refractivity contribution in [3.05, 3.63) is 65.7 Å². The van der Waals surface area contributed by atoms with Crippen molar-refractivity contribution in [3.8, 4) is 23.0 Å². The summed E-state index contributed by atoms with van der Waals surface area (Å²) in [4.78, 5) is 18.7. The van der Waals surface area contributed by atoms with Gasteiger partial charge >= 0.3 is 0 Å². The van der Waals surface area contributed by atoms with Gasteiger partial charge in [0.2, 0.25) is 20.9 Å². The molecule has 5 rings (SSSR count). The van der Waals surface area contributed by atoms with Gasteiger partial charge in [-0.05, 0) is 74.4 Å². The maximum atomic E-state index is 14.0. The normalized spacial score (nSPS) is 15.8. The molecule has 0 aliphatic carbocycles. The Kier molecular flexibility index (Phi) is 9.37. The summed E-state index contributed by atoms with van der Waals surface area (Å²) in [6, 6.07) is 14.7. The van der Waals surface area contributed by atoms with Gasteiger partial charge < -0.3 is 18.9 Å². The molecular weight excluding hydrogens is 604 g/mol. The third-order valence-corrected chi connectivity index (χ3v) is 10.4. The first-order valence-electron chi connectivity index (χ1n) is 13.9. The number of ether oxygens (including phenoxy) is 4. The van der Waals surface area contributed by atoms with E-state index >= 15 is 0 Å². The van der Waals surface area contributed by atoms with Crippen LogP contribution < -0.4 is 24.0 Å². The number of aromatic nitrogens is 1. The monoisotopic (exact) mass is 638 g/mol. The lowest BCUT2D eigenvalue weighted by Gasteiger charge is -2.32. The number of carbonyl (C=O) groups excluding carboxylic acids is 1. The Labute approximate surface area is 260 Å². The number of amides is 1. The van der Waals surface area contributed by atoms with Gasteiger partial charge in [-0.15, -0.1) is 0 Å². The first kappa shape index (κ1) is 31.2. The zero-order chi connectivity index (χ0) is 31.4. The number of benzene rings is 3. The van der Waals surface area contributed by atoms with Gasteiger partial charge in [0.15, 0.2) is 11.5 Å². The molecular formula is C31H34N4O7S2. The predicted molar refractivity (Wildman–Crippen MR) is 170 cm³/mol. The van der Waals surface area contributed by atoms with Crippen molar-refractivity contribution >= 4 is 48.8 Å². The third-order valence-electron chi connectivity index (χ3n) is 7.42. The first-order chi connectivity index (χ1) is 21.2. The second-order valence-electron chi connectivity index (χ2n) is 10.1. The number of piperidine rings is 1. The summed E-state index contributed by atoms with van der Waals surface area (Å²) in [7, 11) is 2.43. The molecule has 44 heavy (non-hydrogen) atoms. The summed E-state index contributed by atoms with van der Waals surface area (Å²) in [5.74, 6) is 1.45. The van der Waals surface area contributed by atoms with E-state index in [-0.39, 0.29) is 16.5 Å². The lowest BCUT2D eigenvalue weighted by atomic mass is 10.1. The predicted octanol–water partition coefficient (Wildman–Crippen LogP) is 5.57. The van der Waals surface area contributed by atoms with Gasteiger partial charge in [0.1, 0.15) is 5.75 Å². The number of hydrogen-bond donors (Lipinski definition) is 0. The molecule has 0 bridgehead atoms. The summed E-state index contributed by atoms with van der Waals surface area (Å²) in [6.07, 6.45) is 4.15. The molecule has 1 aromatic heterocycles. The van der Waals surface area contributed by atoms with Gasteiger partial charge in [0.05, 0.1) is 49.8 Å². The van der Waals surface area contributed by atoms with Crippen molar-refractivity contribution in [1.29, 1.82) is 0 Å². The highest BCUT2D eigenvalue weighted by atomic mass is 32.2. The van der Waals surface area contributed by atoms with Crippen molar-refractivity contribution < 1.29 is 32.2 Å². The molecule has 0 spiro atoms. The van der Waals surface area contributed by atoms with E-state index in [1.807, 2.05) is 13.0 Å². The fourth-order valence-electron chi connectivity index (χ4n) is 5.06. The number of anilines is 1. The zero-order valence-electron chi connectivity index (χ0n) is 25.1. The van der Waals surface area contributed by atoms with Crippen molar-refractivity contribution in [2.75, 3.05) is 40.0 Å². The number of sulfonamides is 1. The van der Waals surface area contributed by atoms with Gasteiger partial charge in [-0.2, -0.15) is 14.4 Å². The summed E-state index contributed by atoms with van der Waals surface area (Å²) in [5.41, 5.74) is 1.50. The molecule has 0 N–H and O–H groups in total. The molecule has 11 nitrogen and oxygen atoms in total. The molecule has 232 valence electrons. The van der Waals surface area contributed by atoms with E-state index in [0.717, 1.165) is 24.0 Å². The van der Waals surface area contributed by atoms with Crippen LogP contribution in [0, 0.1) is 0 Å². The molecule has 1 aliphatic rings. The van der Waals surface area contributed by atoms with E-state index in [1.165, 1.54) is 72.5 Å². The molecule has 0 saturated carbocycles. The SMILES string of the molecule is COc1ccc2nc(N(/N=C/c3cc(OC)c(OC)c(OC)c3)C(=O)c3ccc(S(=O)(=O)N4CCCCC4C)cc3)sc2c1. The lowest BCUT2D eigenvalue weighted by molar-refractivity contribution is 0.0987. The Morgan fingerprint density at radius 1 is 0.977 bits per heavy atom. The van der Waals surface area contributed by atoms with Crippen LogP contribution in [-0.4, -0.2) is 70.9 Å². The second kappa shape index (κ2) is 13.2. The fourth-order valence-corrected chi connectivity index (χ4v) is 7.71. The maximum absolute atomic E-state index is 14.0. The quantitative estimate of drug-likeness (QED) is 0.163. The van der Waals surface area contributed by atoms with E-state index in [1.54, 1.807) is 31.4 Å². The molecule has 3 aromatic carbocycles. The van der Waals surface area contributed by atoms with Crippen LogP contribution >= 0.6 is 11.3 Å². The average Bonchev–Trinajstić information content (AvgIpc) is 3.47. The molecule has 4 aromatic rings. The standard InChI is InChI=1S/C31H34N4O7S2/c1-20-8-6-7-15-34(20)44(37,38)24-12-9-22(10-13-24)30(36)35(31-33-25-14-11-23(39-2)18-28(25)43-31)32-19-21-16-26(40-3)29(42-5)27(17-21)41-4/h9-14,16-20H,6-8,15H2,1-5H3/b32-19+. The highest BCUT2D eigenvalue weighted by molar-refractivity contribution is 7.89.